The van der Waals surface area contributed by atoms with Gasteiger partial charge in [-0.3, -0.25) is 14.4 Å². The number of aromatic amines is 1. The number of thioether (sulfide) groups is 1. The van der Waals surface area contributed by atoms with E-state index in [1.807, 2.05) is 6.26 Å². The van der Waals surface area contributed by atoms with Gasteiger partial charge in [-0.2, -0.15) is 24.4 Å². The second-order valence-electron chi connectivity index (χ2n) is 7.54. The molecule has 1 aromatic rings. The standard InChI is InChI=1S/C19H32N6O5S2/c1-10(2)15(20)18(28)23-12(4-5-32-3)16(26)24-13(6-11-7-21-9-22-11)17(27)25-14(8-31)19(29)30/h7,9-10,12-15,31H,4-6,8,20H2,1-3H3,(H,21,22)(H,23,28)(H,24,26)(H,25,27)(H,29,30). The third kappa shape index (κ3) is 9.09. The van der Waals surface area contributed by atoms with Crippen LogP contribution in [0.1, 0.15) is 26.0 Å². The molecule has 4 atom stereocenters. The SMILES string of the molecule is CSCCC(NC(=O)C(N)C(C)C)C(=O)NC(Cc1cnc[nH]1)C(=O)NC(CS)C(=O)O. The molecule has 0 bridgehead atoms. The van der Waals surface area contributed by atoms with Crippen molar-refractivity contribution in [2.45, 2.75) is 50.9 Å². The number of hydrogen-bond donors (Lipinski definition) is 7. The average molecular weight is 489 g/mol. The summed E-state index contributed by atoms with van der Waals surface area (Å²) in [5.74, 6) is -2.61. The maximum Gasteiger partial charge on any atom is 0.327 e. The Kier molecular flexibility index (Phi) is 12.2. The largest absolute Gasteiger partial charge is 0.480 e. The van der Waals surface area contributed by atoms with Gasteiger partial charge in [-0.25, -0.2) is 9.78 Å². The molecule has 11 nitrogen and oxygen atoms in total. The van der Waals surface area contributed by atoms with Crippen molar-refractivity contribution in [1.29, 1.82) is 0 Å². The number of aliphatic carboxylic acids is 1. The first-order valence-electron chi connectivity index (χ1n) is 10.1. The number of aromatic nitrogens is 2. The van der Waals surface area contributed by atoms with Crippen LogP contribution in [0.4, 0.5) is 0 Å². The number of nitrogens with one attached hydrogen (secondary N) is 4. The van der Waals surface area contributed by atoms with Crippen LogP contribution in [-0.2, 0) is 25.6 Å². The zero-order valence-corrected chi connectivity index (χ0v) is 20.0. The van der Waals surface area contributed by atoms with Crippen LogP contribution in [0, 0.1) is 5.92 Å². The molecule has 32 heavy (non-hydrogen) atoms. The Labute approximate surface area is 196 Å². The average Bonchev–Trinajstić information content (AvgIpc) is 3.26. The highest BCUT2D eigenvalue weighted by molar-refractivity contribution is 7.98. The predicted octanol–water partition coefficient (Wildman–Crippen LogP) is -0.843. The van der Waals surface area contributed by atoms with E-state index in [-0.39, 0.29) is 18.1 Å². The Bertz CT molecular complexity index is 761. The van der Waals surface area contributed by atoms with Gasteiger partial charge in [0.2, 0.25) is 17.7 Å². The molecule has 1 rings (SSSR count). The van der Waals surface area contributed by atoms with Crippen LogP contribution in [0.25, 0.3) is 0 Å². The number of carbonyl (C=O) groups is 4. The van der Waals surface area contributed by atoms with Gasteiger partial charge in [0.15, 0.2) is 0 Å². The molecule has 0 fully saturated rings. The monoisotopic (exact) mass is 488 g/mol. The molecule has 1 aromatic heterocycles. The fraction of sp³-hybridized carbons (Fsp3) is 0.632. The minimum absolute atomic E-state index is 0.0468. The highest BCUT2D eigenvalue weighted by Crippen LogP contribution is 2.06. The lowest BCUT2D eigenvalue weighted by Gasteiger charge is -2.25. The molecular weight excluding hydrogens is 456 g/mol. The van der Waals surface area contributed by atoms with E-state index >= 15 is 0 Å². The van der Waals surface area contributed by atoms with E-state index in [0.717, 1.165) is 0 Å². The van der Waals surface area contributed by atoms with Crippen molar-refractivity contribution >= 4 is 48.1 Å². The second-order valence-corrected chi connectivity index (χ2v) is 8.89. The van der Waals surface area contributed by atoms with Crippen LogP contribution < -0.4 is 21.7 Å². The molecule has 0 radical (unpaired) electrons. The molecule has 7 N–H and O–H groups in total. The highest BCUT2D eigenvalue weighted by Gasteiger charge is 2.30. The number of thiol groups is 1. The van der Waals surface area contributed by atoms with Crippen molar-refractivity contribution in [3.63, 3.8) is 0 Å². The molecule has 1 heterocycles. The first-order chi connectivity index (χ1) is 15.1. The molecule has 0 saturated heterocycles. The van der Waals surface area contributed by atoms with E-state index in [0.29, 0.717) is 17.9 Å². The lowest BCUT2D eigenvalue weighted by molar-refractivity contribution is -0.141. The molecule has 13 heteroatoms. The van der Waals surface area contributed by atoms with Crippen LogP contribution in [0.5, 0.6) is 0 Å². The van der Waals surface area contributed by atoms with Crippen molar-refractivity contribution in [2.24, 2.45) is 11.7 Å². The van der Waals surface area contributed by atoms with Crippen molar-refractivity contribution < 1.29 is 24.3 Å². The Balaban J connectivity index is 3.00. The van der Waals surface area contributed by atoms with Gasteiger partial charge in [0.05, 0.1) is 12.4 Å². The Morgan fingerprint density at radius 3 is 2.22 bits per heavy atom. The quantitative estimate of drug-likeness (QED) is 0.166. The first-order valence-corrected chi connectivity index (χ1v) is 12.1. The summed E-state index contributed by atoms with van der Waals surface area (Å²) in [6.07, 6.45) is 5.17. The van der Waals surface area contributed by atoms with Crippen molar-refractivity contribution in [3.05, 3.63) is 18.2 Å². The Morgan fingerprint density at radius 1 is 1.12 bits per heavy atom. The number of carboxylic acid groups (broad SMARTS) is 1. The molecule has 0 aliphatic rings. The van der Waals surface area contributed by atoms with Crippen LogP contribution in [0.15, 0.2) is 12.5 Å². The summed E-state index contributed by atoms with van der Waals surface area (Å²) < 4.78 is 0. The summed E-state index contributed by atoms with van der Waals surface area (Å²) in [5, 5.41) is 16.8. The number of rotatable bonds is 14. The summed E-state index contributed by atoms with van der Waals surface area (Å²) in [4.78, 5) is 56.2. The van der Waals surface area contributed by atoms with E-state index in [9.17, 15) is 24.3 Å². The van der Waals surface area contributed by atoms with Crippen molar-refractivity contribution in [2.75, 3.05) is 17.8 Å². The van der Waals surface area contributed by atoms with Crippen LogP contribution in [0.3, 0.4) is 0 Å². The van der Waals surface area contributed by atoms with Crippen LogP contribution in [-0.4, -0.2) is 80.7 Å². The minimum Gasteiger partial charge on any atom is -0.480 e. The summed E-state index contributed by atoms with van der Waals surface area (Å²) in [7, 11) is 0. The van der Waals surface area contributed by atoms with Gasteiger partial charge in [0.25, 0.3) is 0 Å². The van der Waals surface area contributed by atoms with Crippen molar-refractivity contribution in [3.8, 4) is 0 Å². The number of carboxylic acids is 1. The molecular formula is C19H32N6O5S2. The maximum absolute atomic E-state index is 13.0. The molecule has 0 aromatic carbocycles. The summed E-state index contributed by atoms with van der Waals surface area (Å²) in [6.45, 7) is 3.60. The lowest BCUT2D eigenvalue weighted by atomic mass is 10.0. The molecule has 0 spiro atoms. The Hall–Kier alpha value is -2.25. The molecule has 0 aliphatic heterocycles. The molecule has 0 saturated carbocycles. The molecule has 3 amide bonds. The number of nitrogens with two attached hydrogens (primary N) is 1. The first kappa shape index (κ1) is 27.8. The zero-order valence-electron chi connectivity index (χ0n) is 18.3. The van der Waals surface area contributed by atoms with E-state index in [1.165, 1.54) is 24.3 Å². The fourth-order valence-electron chi connectivity index (χ4n) is 2.63. The minimum atomic E-state index is -1.24. The van der Waals surface area contributed by atoms with Gasteiger partial charge in [-0.05, 0) is 24.3 Å². The number of imidazole rings is 1. The van der Waals surface area contributed by atoms with Crippen molar-refractivity contribution in [1.82, 2.24) is 25.9 Å². The number of carbonyl (C=O) groups excluding carboxylic acids is 3. The van der Waals surface area contributed by atoms with E-state index in [2.05, 4.69) is 38.5 Å². The van der Waals surface area contributed by atoms with E-state index in [4.69, 9.17) is 5.73 Å². The van der Waals surface area contributed by atoms with Gasteiger partial charge in [-0.15, -0.1) is 0 Å². The third-order valence-electron chi connectivity index (χ3n) is 4.67. The number of amides is 3. The van der Waals surface area contributed by atoms with E-state index in [1.54, 1.807) is 13.8 Å². The van der Waals surface area contributed by atoms with Gasteiger partial charge in [0, 0.05) is 24.1 Å². The lowest BCUT2D eigenvalue weighted by Crippen LogP contribution is -2.58. The molecule has 0 aliphatic carbocycles. The molecule has 4 unspecified atom stereocenters. The summed E-state index contributed by atoms with van der Waals surface area (Å²) in [6, 6.07) is -4.01. The number of H-pyrrole nitrogens is 1. The van der Waals surface area contributed by atoms with E-state index < -0.39 is 47.9 Å². The normalized spacial score (nSPS) is 14.8. The third-order valence-corrected chi connectivity index (χ3v) is 5.68. The van der Waals surface area contributed by atoms with Crippen LogP contribution >= 0.6 is 24.4 Å². The molecule has 180 valence electrons. The fourth-order valence-corrected chi connectivity index (χ4v) is 3.35. The summed E-state index contributed by atoms with van der Waals surface area (Å²) >= 11 is 5.44. The van der Waals surface area contributed by atoms with Gasteiger partial charge >= 0.3 is 5.97 Å². The Morgan fingerprint density at radius 2 is 1.72 bits per heavy atom. The smallest absolute Gasteiger partial charge is 0.327 e. The summed E-state index contributed by atoms with van der Waals surface area (Å²) in [5.41, 5.74) is 6.45. The van der Waals surface area contributed by atoms with Crippen LogP contribution in [0.2, 0.25) is 0 Å². The van der Waals surface area contributed by atoms with Gasteiger partial charge in [-0.1, -0.05) is 13.8 Å². The van der Waals surface area contributed by atoms with Gasteiger partial charge in [0.1, 0.15) is 18.1 Å². The highest BCUT2D eigenvalue weighted by atomic mass is 32.2. The number of nitrogens with zero attached hydrogens (tertiary/aromatic N) is 1. The zero-order chi connectivity index (χ0) is 24.3. The topological polar surface area (TPSA) is 179 Å². The predicted molar refractivity (Wildman–Crippen MR) is 125 cm³/mol. The number of hydrogen-bond acceptors (Lipinski definition) is 8. The van der Waals surface area contributed by atoms with Gasteiger partial charge < -0.3 is 31.8 Å². The maximum atomic E-state index is 13.0. The second kappa shape index (κ2) is 14.0.